The molecule has 1 heterocycles. The SMILES string of the molecule is CC(=O)OC1[C@@H](OC(C)=O)OC(COS(=O)(=O)c2ccc(C)cc2)[C@@H](OC(C)=O)[C@@H]1OC(C)=O. The van der Waals surface area contributed by atoms with Crippen molar-refractivity contribution in [1.82, 2.24) is 0 Å². The van der Waals surface area contributed by atoms with Gasteiger partial charge in [0.1, 0.15) is 6.10 Å². The second kappa shape index (κ2) is 11.4. The molecule has 188 valence electrons. The van der Waals surface area contributed by atoms with Gasteiger partial charge in [-0.05, 0) is 19.1 Å². The van der Waals surface area contributed by atoms with E-state index >= 15 is 0 Å². The van der Waals surface area contributed by atoms with Crippen LogP contribution in [0.5, 0.6) is 0 Å². The van der Waals surface area contributed by atoms with Gasteiger partial charge in [0.05, 0.1) is 11.5 Å². The third-order valence-electron chi connectivity index (χ3n) is 4.48. The van der Waals surface area contributed by atoms with E-state index in [1.165, 1.54) is 12.1 Å². The Morgan fingerprint density at radius 3 is 1.74 bits per heavy atom. The third-order valence-corrected chi connectivity index (χ3v) is 5.77. The van der Waals surface area contributed by atoms with E-state index in [9.17, 15) is 27.6 Å². The number of aryl methyl sites for hydroxylation is 1. The maximum absolute atomic E-state index is 12.6. The molecule has 0 aliphatic carbocycles. The Kier molecular flexibility index (Phi) is 9.13. The van der Waals surface area contributed by atoms with Crippen LogP contribution in [0.25, 0.3) is 0 Å². The first kappa shape index (κ1) is 27.2. The van der Waals surface area contributed by atoms with Crippen molar-refractivity contribution in [3.8, 4) is 0 Å². The highest BCUT2D eigenvalue weighted by atomic mass is 32.2. The molecule has 1 aromatic rings. The van der Waals surface area contributed by atoms with Gasteiger partial charge in [0.15, 0.2) is 12.2 Å². The van der Waals surface area contributed by atoms with Crippen LogP contribution >= 0.6 is 0 Å². The predicted molar refractivity (Wildman–Crippen MR) is 111 cm³/mol. The summed E-state index contributed by atoms with van der Waals surface area (Å²) in [6.07, 6.45) is -7.50. The number of rotatable bonds is 8. The lowest BCUT2D eigenvalue weighted by Gasteiger charge is -2.43. The van der Waals surface area contributed by atoms with Crippen LogP contribution in [0.3, 0.4) is 0 Å². The minimum absolute atomic E-state index is 0.135. The number of esters is 4. The van der Waals surface area contributed by atoms with Crippen molar-refractivity contribution in [3.05, 3.63) is 29.8 Å². The van der Waals surface area contributed by atoms with Crippen LogP contribution < -0.4 is 0 Å². The number of benzene rings is 1. The number of hydrogen-bond acceptors (Lipinski definition) is 12. The number of carbonyl (C=O) groups is 4. The number of carbonyl (C=O) groups excluding carboxylic acids is 4. The molecular formula is C21H26O12S. The summed E-state index contributed by atoms with van der Waals surface area (Å²) in [4.78, 5) is 46.6. The van der Waals surface area contributed by atoms with Gasteiger partial charge in [-0.1, -0.05) is 17.7 Å². The smallest absolute Gasteiger partial charge is 0.305 e. The minimum atomic E-state index is -4.26. The van der Waals surface area contributed by atoms with Crippen molar-refractivity contribution in [2.75, 3.05) is 6.61 Å². The Morgan fingerprint density at radius 1 is 0.765 bits per heavy atom. The highest BCUT2D eigenvalue weighted by Gasteiger charge is 2.53. The lowest BCUT2D eigenvalue weighted by Crippen LogP contribution is -2.63. The second-order valence-corrected chi connectivity index (χ2v) is 9.04. The number of ether oxygens (including phenoxy) is 5. The Balaban J connectivity index is 2.40. The average Bonchev–Trinajstić information content (AvgIpc) is 2.70. The molecule has 0 spiro atoms. The lowest BCUT2D eigenvalue weighted by molar-refractivity contribution is -0.298. The van der Waals surface area contributed by atoms with Crippen molar-refractivity contribution in [1.29, 1.82) is 0 Å². The summed E-state index contributed by atoms with van der Waals surface area (Å²) in [6, 6.07) is 5.84. The molecule has 1 aromatic carbocycles. The Hall–Kier alpha value is -3.03. The van der Waals surface area contributed by atoms with Gasteiger partial charge in [0.25, 0.3) is 10.1 Å². The van der Waals surface area contributed by atoms with Crippen molar-refractivity contribution in [2.45, 2.75) is 70.2 Å². The Bertz CT molecular complexity index is 1020. The first-order chi connectivity index (χ1) is 15.8. The first-order valence-electron chi connectivity index (χ1n) is 10.1. The topological polar surface area (TPSA) is 158 Å². The van der Waals surface area contributed by atoms with E-state index in [-0.39, 0.29) is 4.90 Å². The molecule has 0 radical (unpaired) electrons. The van der Waals surface area contributed by atoms with Gasteiger partial charge in [-0.3, -0.25) is 23.4 Å². The standard InChI is InChI=1S/C21H26O12S/c1-11-6-8-16(9-7-11)34(26,27)28-10-17-18(29-12(2)22)19(30-13(3)23)20(31-14(4)24)21(33-17)32-15(5)25/h6-9,17-21H,10H2,1-5H3/t17?,18-,19+,20?,21+/m1/s1. The Labute approximate surface area is 196 Å². The maximum Gasteiger partial charge on any atom is 0.305 e. The van der Waals surface area contributed by atoms with Crippen LogP contribution in [-0.4, -0.2) is 69.6 Å². The van der Waals surface area contributed by atoms with Crippen LogP contribution in [0.15, 0.2) is 29.2 Å². The highest BCUT2D eigenvalue weighted by Crippen LogP contribution is 2.30. The van der Waals surface area contributed by atoms with E-state index in [4.69, 9.17) is 27.9 Å². The molecule has 13 heteroatoms. The summed E-state index contributed by atoms with van der Waals surface area (Å²) in [6.45, 7) is 5.29. The molecule has 1 saturated heterocycles. The molecule has 2 unspecified atom stereocenters. The summed E-state index contributed by atoms with van der Waals surface area (Å²) in [5.74, 6) is -3.33. The van der Waals surface area contributed by atoms with E-state index in [0.717, 1.165) is 33.3 Å². The van der Waals surface area contributed by atoms with Crippen molar-refractivity contribution in [3.63, 3.8) is 0 Å². The van der Waals surface area contributed by atoms with Gasteiger partial charge in [-0.25, -0.2) is 0 Å². The van der Waals surface area contributed by atoms with Gasteiger partial charge in [-0.15, -0.1) is 0 Å². The summed E-state index contributed by atoms with van der Waals surface area (Å²) in [5.41, 5.74) is 0.828. The van der Waals surface area contributed by atoms with Crippen LogP contribution in [0.4, 0.5) is 0 Å². The fourth-order valence-corrected chi connectivity index (χ4v) is 4.10. The van der Waals surface area contributed by atoms with E-state index < -0.39 is 71.3 Å². The molecule has 1 aliphatic rings. The van der Waals surface area contributed by atoms with Gasteiger partial charge in [-0.2, -0.15) is 8.42 Å². The summed E-state index contributed by atoms with van der Waals surface area (Å²) in [5, 5.41) is 0. The van der Waals surface area contributed by atoms with E-state index in [1.807, 2.05) is 0 Å². The zero-order valence-corrected chi connectivity index (χ0v) is 20.0. The summed E-state index contributed by atoms with van der Waals surface area (Å²) in [7, 11) is -4.26. The first-order valence-corrected chi connectivity index (χ1v) is 11.5. The molecule has 2 rings (SSSR count). The van der Waals surface area contributed by atoms with Crippen molar-refractivity contribution in [2.24, 2.45) is 0 Å². The maximum atomic E-state index is 12.6. The van der Waals surface area contributed by atoms with Crippen LogP contribution in [0.1, 0.15) is 33.3 Å². The zero-order valence-electron chi connectivity index (χ0n) is 19.2. The average molecular weight is 502 g/mol. The normalized spacial score (nSPS) is 24.6. The summed E-state index contributed by atoms with van der Waals surface area (Å²) < 4.78 is 56.6. The molecule has 0 N–H and O–H groups in total. The molecule has 0 aromatic heterocycles. The van der Waals surface area contributed by atoms with Crippen molar-refractivity contribution >= 4 is 34.0 Å². The van der Waals surface area contributed by atoms with Gasteiger partial charge >= 0.3 is 23.9 Å². The van der Waals surface area contributed by atoms with Gasteiger partial charge in [0.2, 0.25) is 12.4 Å². The molecule has 34 heavy (non-hydrogen) atoms. The van der Waals surface area contributed by atoms with Gasteiger partial charge < -0.3 is 23.7 Å². The third kappa shape index (κ3) is 7.50. The predicted octanol–water partition coefficient (Wildman–Crippen LogP) is 0.783. The molecule has 0 bridgehead atoms. The molecule has 0 saturated carbocycles. The van der Waals surface area contributed by atoms with E-state index in [2.05, 4.69) is 0 Å². The van der Waals surface area contributed by atoms with Crippen LogP contribution in [-0.2, 0) is 57.2 Å². The monoisotopic (exact) mass is 502 g/mol. The molecule has 0 amide bonds. The highest BCUT2D eigenvalue weighted by molar-refractivity contribution is 7.86. The van der Waals surface area contributed by atoms with E-state index in [1.54, 1.807) is 19.1 Å². The number of hydrogen-bond donors (Lipinski definition) is 0. The van der Waals surface area contributed by atoms with Crippen LogP contribution in [0.2, 0.25) is 0 Å². The zero-order chi connectivity index (χ0) is 25.6. The van der Waals surface area contributed by atoms with E-state index in [0.29, 0.717) is 0 Å². The minimum Gasteiger partial charge on any atom is -0.456 e. The Morgan fingerprint density at radius 2 is 1.24 bits per heavy atom. The molecule has 1 fully saturated rings. The molecule has 5 atom stereocenters. The molecule has 12 nitrogen and oxygen atoms in total. The quantitative estimate of drug-likeness (QED) is 0.280. The molecule has 1 aliphatic heterocycles. The van der Waals surface area contributed by atoms with Crippen LogP contribution in [0, 0.1) is 6.92 Å². The lowest BCUT2D eigenvalue weighted by atomic mass is 9.98. The largest absolute Gasteiger partial charge is 0.456 e. The van der Waals surface area contributed by atoms with Crippen molar-refractivity contribution < 1.29 is 55.5 Å². The fraction of sp³-hybridized carbons (Fsp3) is 0.524. The second-order valence-electron chi connectivity index (χ2n) is 7.43. The van der Waals surface area contributed by atoms with Gasteiger partial charge in [0, 0.05) is 27.7 Å². The summed E-state index contributed by atoms with van der Waals surface area (Å²) >= 11 is 0. The molecular weight excluding hydrogens is 476 g/mol. The fourth-order valence-electron chi connectivity index (χ4n) is 3.18.